The standard InChI is InChI=1S/C12H18BrClN2/c1-3-12(4-2,8-15)16-9-5-6-10(13)11(14)7-9/h5-7,16H,3-4,8,15H2,1-2H3. The van der Waals surface area contributed by atoms with Crippen molar-refractivity contribution in [2.45, 2.75) is 32.2 Å². The molecule has 0 bridgehead atoms. The molecule has 1 rings (SSSR count). The first-order valence-electron chi connectivity index (χ1n) is 5.50. The molecule has 0 heterocycles. The van der Waals surface area contributed by atoms with E-state index in [0.29, 0.717) is 11.6 Å². The Morgan fingerprint density at radius 1 is 1.38 bits per heavy atom. The van der Waals surface area contributed by atoms with Crippen molar-refractivity contribution >= 4 is 33.2 Å². The van der Waals surface area contributed by atoms with Gasteiger partial charge in [-0.05, 0) is 47.0 Å². The lowest BCUT2D eigenvalue weighted by molar-refractivity contribution is 0.445. The van der Waals surface area contributed by atoms with Crippen molar-refractivity contribution in [3.8, 4) is 0 Å². The minimum Gasteiger partial charge on any atom is -0.378 e. The van der Waals surface area contributed by atoms with E-state index in [-0.39, 0.29) is 5.54 Å². The monoisotopic (exact) mass is 304 g/mol. The van der Waals surface area contributed by atoms with Crippen LogP contribution in [0.2, 0.25) is 5.02 Å². The average Bonchev–Trinajstić information content (AvgIpc) is 2.31. The predicted octanol–water partition coefficient (Wildman–Crippen LogP) is 4.03. The number of nitrogens with one attached hydrogen (secondary N) is 1. The maximum Gasteiger partial charge on any atom is 0.0568 e. The van der Waals surface area contributed by atoms with Gasteiger partial charge in [0.25, 0.3) is 0 Å². The molecule has 2 nitrogen and oxygen atoms in total. The van der Waals surface area contributed by atoms with Crippen molar-refractivity contribution in [2.24, 2.45) is 5.73 Å². The molecule has 1 aromatic carbocycles. The molecule has 0 unspecified atom stereocenters. The Balaban J connectivity index is 2.89. The van der Waals surface area contributed by atoms with E-state index in [0.717, 1.165) is 23.0 Å². The van der Waals surface area contributed by atoms with Gasteiger partial charge in [0, 0.05) is 22.2 Å². The van der Waals surface area contributed by atoms with Crippen LogP contribution in [0.4, 0.5) is 5.69 Å². The largest absolute Gasteiger partial charge is 0.378 e. The Hall–Kier alpha value is -0.250. The third-order valence-electron chi connectivity index (χ3n) is 3.07. The van der Waals surface area contributed by atoms with E-state index in [9.17, 15) is 0 Å². The second kappa shape index (κ2) is 5.89. The number of hydrogen-bond donors (Lipinski definition) is 2. The van der Waals surface area contributed by atoms with Crippen molar-refractivity contribution in [2.75, 3.05) is 11.9 Å². The van der Waals surface area contributed by atoms with E-state index in [1.54, 1.807) is 0 Å². The number of nitrogens with two attached hydrogens (primary N) is 1. The summed E-state index contributed by atoms with van der Waals surface area (Å²) in [5.74, 6) is 0. The second-order valence-corrected chi connectivity index (χ2v) is 5.21. The molecule has 0 saturated heterocycles. The molecule has 0 aromatic heterocycles. The summed E-state index contributed by atoms with van der Waals surface area (Å²) in [6, 6.07) is 5.87. The summed E-state index contributed by atoms with van der Waals surface area (Å²) < 4.78 is 0.908. The van der Waals surface area contributed by atoms with E-state index in [1.807, 2.05) is 18.2 Å². The van der Waals surface area contributed by atoms with Crippen molar-refractivity contribution in [3.05, 3.63) is 27.7 Å². The molecule has 0 aliphatic rings. The highest BCUT2D eigenvalue weighted by Gasteiger charge is 2.23. The Morgan fingerprint density at radius 3 is 2.44 bits per heavy atom. The summed E-state index contributed by atoms with van der Waals surface area (Å²) >= 11 is 9.43. The lowest BCUT2D eigenvalue weighted by Crippen LogP contribution is -2.44. The maximum atomic E-state index is 6.05. The zero-order valence-electron chi connectivity index (χ0n) is 9.69. The first-order valence-corrected chi connectivity index (χ1v) is 6.67. The Kier molecular flexibility index (Phi) is 5.09. The van der Waals surface area contributed by atoms with Crippen LogP contribution in [-0.4, -0.2) is 12.1 Å². The molecule has 1 aromatic rings. The zero-order valence-corrected chi connectivity index (χ0v) is 12.0. The second-order valence-electron chi connectivity index (χ2n) is 3.95. The molecule has 0 saturated carbocycles. The number of hydrogen-bond acceptors (Lipinski definition) is 2. The number of anilines is 1. The lowest BCUT2D eigenvalue weighted by atomic mass is 9.92. The van der Waals surface area contributed by atoms with E-state index >= 15 is 0 Å². The minimum absolute atomic E-state index is 0.0306. The van der Waals surface area contributed by atoms with Crippen LogP contribution in [0.15, 0.2) is 22.7 Å². The first-order chi connectivity index (χ1) is 7.56. The smallest absolute Gasteiger partial charge is 0.0568 e. The minimum atomic E-state index is -0.0306. The summed E-state index contributed by atoms with van der Waals surface area (Å²) in [6.45, 7) is 4.90. The van der Waals surface area contributed by atoms with Crippen LogP contribution in [0.1, 0.15) is 26.7 Å². The Morgan fingerprint density at radius 2 is 2.00 bits per heavy atom. The number of rotatable bonds is 5. The van der Waals surface area contributed by atoms with Crippen LogP contribution in [0.5, 0.6) is 0 Å². The van der Waals surface area contributed by atoms with Crippen LogP contribution in [0.3, 0.4) is 0 Å². The van der Waals surface area contributed by atoms with Gasteiger partial charge in [-0.3, -0.25) is 0 Å². The Bertz CT molecular complexity index is 343. The Labute approximate surface area is 111 Å². The van der Waals surface area contributed by atoms with Gasteiger partial charge in [0.2, 0.25) is 0 Å². The number of benzene rings is 1. The predicted molar refractivity (Wildman–Crippen MR) is 75.1 cm³/mol. The fourth-order valence-electron chi connectivity index (χ4n) is 1.65. The number of halogens is 2. The molecule has 0 radical (unpaired) electrons. The van der Waals surface area contributed by atoms with Crippen LogP contribution in [0.25, 0.3) is 0 Å². The van der Waals surface area contributed by atoms with Crippen molar-refractivity contribution in [1.29, 1.82) is 0 Å². The molecular weight excluding hydrogens is 288 g/mol. The first kappa shape index (κ1) is 13.8. The van der Waals surface area contributed by atoms with Gasteiger partial charge in [-0.15, -0.1) is 0 Å². The summed E-state index contributed by atoms with van der Waals surface area (Å²) in [5.41, 5.74) is 6.83. The highest BCUT2D eigenvalue weighted by Crippen LogP contribution is 2.28. The zero-order chi connectivity index (χ0) is 12.2. The summed E-state index contributed by atoms with van der Waals surface area (Å²) in [5, 5.41) is 4.19. The third kappa shape index (κ3) is 3.12. The molecule has 0 amide bonds. The maximum absolute atomic E-state index is 6.05. The van der Waals surface area contributed by atoms with Crippen LogP contribution in [-0.2, 0) is 0 Å². The normalized spacial score (nSPS) is 11.6. The lowest BCUT2D eigenvalue weighted by Gasteiger charge is -2.32. The van der Waals surface area contributed by atoms with Gasteiger partial charge in [0.15, 0.2) is 0 Å². The average molecular weight is 306 g/mol. The van der Waals surface area contributed by atoms with E-state index in [4.69, 9.17) is 17.3 Å². The molecule has 0 fully saturated rings. The van der Waals surface area contributed by atoms with Crippen LogP contribution in [0, 0.1) is 0 Å². The molecule has 0 aliphatic heterocycles. The van der Waals surface area contributed by atoms with Crippen LogP contribution >= 0.6 is 27.5 Å². The van der Waals surface area contributed by atoms with Gasteiger partial charge in [-0.1, -0.05) is 25.4 Å². The van der Waals surface area contributed by atoms with Crippen molar-refractivity contribution < 1.29 is 0 Å². The fraction of sp³-hybridized carbons (Fsp3) is 0.500. The highest BCUT2D eigenvalue weighted by molar-refractivity contribution is 9.10. The summed E-state index contributed by atoms with van der Waals surface area (Å²) in [4.78, 5) is 0. The summed E-state index contributed by atoms with van der Waals surface area (Å²) in [6.07, 6.45) is 1.99. The molecule has 3 N–H and O–H groups in total. The molecule has 0 spiro atoms. The molecule has 16 heavy (non-hydrogen) atoms. The molecule has 0 atom stereocenters. The topological polar surface area (TPSA) is 38.0 Å². The van der Waals surface area contributed by atoms with Crippen molar-refractivity contribution in [1.82, 2.24) is 0 Å². The van der Waals surface area contributed by atoms with E-state index in [1.165, 1.54) is 0 Å². The molecule has 0 aliphatic carbocycles. The SMILES string of the molecule is CCC(CC)(CN)Nc1ccc(Br)c(Cl)c1. The van der Waals surface area contributed by atoms with Gasteiger partial charge in [-0.2, -0.15) is 0 Å². The molecule has 4 heteroatoms. The molecule has 90 valence electrons. The van der Waals surface area contributed by atoms with Crippen molar-refractivity contribution in [3.63, 3.8) is 0 Å². The third-order valence-corrected chi connectivity index (χ3v) is 4.31. The van der Waals surface area contributed by atoms with E-state index < -0.39 is 0 Å². The van der Waals surface area contributed by atoms with Crippen LogP contribution < -0.4 is 11.1 Å². The van der Waals surface area contributed by atoms with E-state index in [2.05, 4.69) is 35.1 Å². The highest BCUT2D eigenvalue weighted by atomic mass is 79.9. The summed E-state index contributed by atoms with van der Waals surface area (Å²) in [7, 11) is 0. The van der Waals surface area contributed by atoms with Gasteiger partial charge in [0.1, 0.15) is 0 Å². The van der Waals surface area contributed by atoms with Gasteiger partial charge >= 0.3 is 0 Å². The molecular formula is C12H18BrClN2. The van der Waals surface area contributed by atoms with Gasteiger partial charge in [0.05, 0.1) is 5.02 Å². The fourth-order valence-corrected chi connectivity index (χ4v) is 2.07. The quantitative estimate of drug-likeness (QED) is 0.862. The van der Waals surface area contributed by atoms with Gasteiger partial charge < -0.3 is 11.1 Å². The van der Waals surface area contributed by atoms with Gasteiger partial charge in [-0.25, -0.2) is 0 Å².